The van der Waals surface area contributed by atoms with Gasteiger partial charge >= 0.3 is 0 Å². The number of thioether (sulfide) groups is 1. The van der Waals surface area contributed by atoms with Crippen molar-refractivity contribution in [2.24, 2.45) is 34.6 Å². The van der Waals surface area contributed by atoms with E-state index >= 15 is 0 Å². The topological polar surface area (TPSA) is 47.9 Å². The molecule has 3 heterocycles. The number of fused-ring (bicyclic) bond motifs is 2. The number of aliphatic imine (C=N–C) groups is 1. The third kappa shape index (κ3) is 4.09. The molecule has 4 nitrogen and oxygen atoms in total. The second kappa shape index (κ2) is 8.39. The molecule has 5 heteroatoms. The summed E-state index contributed by atoms with van der Waals surface area (Å²) >= 11 is 1.89. The van der Waals surface area contributed by atoms with E-state index in [2.05, 4.69) is 0 Å². The maximum absolute atomic E-state index is 13.3. The van der Waals surface area contributed by atoms with Gasteiger partial charge in [-0.15, -0.1) is 0 Å². The van der Waals surface area contributed by atoms with Gasteiger partial charge in [-0.3, -0.25) is 4.79 Å². The molecular formula is C23H35NO3S. The van der Waals surface area contributed by atoms with E-state index < -0.39 is 0 Å². The average Bonchev–Trinajstić information content (AvgIpc) is 3.39. The molecular weight excluding hydrogens is 370 g/mol. The smallest absolute Gasteiger partial charge is 0.263 e. The molecule has 0 aromatic carbocycles. The highest BCUT2D eigenvalue weighted by Gasteiger charge is 2.49. The van der Waals surface area contributed by atoms with Crippen LogP contribution in [0.5, 0.6) is 0 Å². The molecule has 0 radical (unpaired) electrons. The number of ether oxygens (including phenoxy) is 2. The molecule has 5 rings (SSSR count). The van der Waals surface area contributed by atoms with E-state index in [0.29, 0.717) is 11.8 Å². The second-order valence-electron chi connectivity index (χ2n) is 10.1. The van der Waals surface area contributed by atoms with Gasteiger partial charge in [0.15, 0.2) is 0 Å². The van der Waals surface area contributed by atoms with Crippen molar-refractivity contribution in [1.82, 2.24) is 0 Å². The predicted octanol–water partition coefficient (Wildman–Crippen LogP) is 4.86. The molecule has 1 amide bonds. The van der Waals surface area contributed by atoms with E-state index in [1.807, 2.05) is 11.8 Å². The molecule has 0 aromatic rings. The van der Waals surface area contributed by atoms with Gasteiger partial charge in [0.1, 0.15) is 4.75 Å². The Kier molecular flexibility index (Phi) is 5.86. The van der Waals surface area contributed by atoms with E-state index in [1.165, 1.54) is 30.7 Å². The summed E-state index contributed by atoms with van der Waals surface area (Å²) in [6.07, 6.45) is 13.2. The van der Waals surface area contributed by atoms with E-state index in [1.54, 1.807) is 0 Å². The number of carbonyl (C=O) groups is 1. The summed E-state index contributed by atoms with van der Waals surface area (Å²) in [4.78, 5) is 18.0. The molecule has 0 spiro atoms. The van der Waals surface area contributed by atoms with Gasteiger partial charge in [-0.25, -0.2) is 4.99 Å². The Morgan fingerprint density at radius 2 is 1.54 bits per heavy atom. The SMILES string of the molecule is O=C1N=C(C[C@H]2C[C@@H]3CC[C@H]2C3)SC1(CC1CCOCC1)CC1CCOCC1. The third-order valence-electron chi connectivity index (χ3n) is 8.17. The zero-order valence-electron chi connectivity index (χ0n) is 17.1. The minimum absolute atomic E-state index is 0.189. The number of rotatable bonds is 6. The van der Waals surface area contributed by atoms with Crippen molar-refractivity contribution in [3.63, 3.8) is 0 Å². The first-order valence-electron chi connectivity index (χ1n) is 11.7. The summed E-state index contributed by atoms with van der Waals surface area (Å²) in [6, 6.07) is 0. The van der Waals surface area contributed by atoms with Gasteiger partial charge in [0.25, 0.3) is 5.91 Å². The summed E-state index contributed by atoms with van der Waals surface area (Å²) in [5.41, 5.74) is 0. The second-order valence-corrected chi connectivity index (χ2v) is 11.5. The van der Waals surface area contributed by atoms with Crippen LogP contribution in [0.25, 0.3) is 0 Å². The number of carbonyl (C=O) groups excluding carboxylic acids is 1. The standard InChI is InChI=1S/C23H35NO3S/c25-22-23(14-16-3-7-26-8-4-16,15-17-5-9-27-10-6-17)28-21(24-22)13-20-12-18-1-2-19(20)11-18/h16-20H,1-15H2/t18-,19+,20-/m1/s1. The van der Waals surface area contributed by atoms with Crippen LogP contribution >= 0.6 is 11.8 Å². The normalized spacial score (nSPS) is 36.2. The van der Waals surface area contributed by atoms with E-state index in [-0.39, 0.29) is 10.7 Å². The molecule has 156 valence electrons. The highest BCUT2D eigenvalue weighted by molar-refractivity contribution is 8.16. The van der Waals surface area contributed by atoms with Crippen molar-refractivity contribution in [2.45, 2.75) is 75.4 Å². The largest absolute Gasteiger partial charge is 0.381 e. The Hall–Kier alpha value is -0.390. The van der Waals surface area contributed by atoms with E-state index in [4.69, 9.17) is 14.5 Å². The lowest BCUT2D eigenvalue weighted by Crippen LogP contribution is -2.38. The zero-order valence-corrected chi connectivity index (χ0v) is 17.9. The van der Waals surface area contributed by atoms with Gasteiger partial charge in [-0.2, -0.15) is 0 Å². The number of hydrogen-bond donors (Lipinski definition) is 0. The maximum atomic E-state index is 13.3. The molecule has 28 heavy (non-hydrogen) atoms. The first-order chi connectivity index (χ1) is 13.7. The van der Waals surface area contributed by atoms with Crippen LogP contribution in [0.3, 0.4) is 0 Å². The highest BCUT2D eigenvalue weighted by Crippen LogP contribution is 2.53. The summed E-state index contributed by atoms with van der Waals surface area (Å²) in [5, 5.41) is 1.17. The Labute approximate surface area is 173 Å². The molecule has 3 aliphatic heterocycles. The molecule has 0 unspecified atom stereocenters. The van der Waals surface area contributed by atoms with Gasteiger partial charge in [0.2, 0.25) is 0 Å². The van der Waals surface area contributed by atoms with Crippen LogP contribution in [0, 0.1) is 29.6 Å². The molecule has 4 fully saturated rings. The Morgan fingerprint density at radius 3 is 2.07 bits per heavy atom. The van der Waals surface area contributed by atoms with Crippen molar-refractivity contribution < 1.29 is 14.3 Å². The van der Waals surface area contributed by atoms with Crippen molar-refractivity contribution in [3.05, 3.63) is 0 Å². The first-order valence-corrected chi connectivity index (χ1v) is 12.5. The number of hydrogen-bond acceptors (Lipinski definition) is 4. The third-order valence-corrected chi connectivity index (χ3v) is 9.56. The quantitative estimate of drug-likeness (QED) is 0.633. The van der Waals surface area contributed by atoms with Gasteiger partial charge in [0.05, 0.1) is 5.04 Å². The highest BCUT2D eigenvalue weighted by atomic mass is 32.2. The first kappa shape index (κ1) is 19.6. The number of amides is 1. The van der Waals surface area contributed by atoms with Crippen LogP contribution < -0.4 is 0 Å². The van der Waals surface area contributed by atoms with Crippen LogP contribution in [-0.4, -0.2) is 42.1 Å². The van der Waals surface area contributed by atoms with Crippen molar-refractivity contribution in [1.29, 1.82) is 0 Å². The molecule has 2 saturated heterocycles. The van der Waals surface area contributed by atoms with Crippen LogP contribution in [0.15, 0.2) is 4.99 Å². The molecule has 2 aliphatic carbocycles. The summed E-state index contributed by atoms with van der Waals surface area (Å²) in [7, 11) is 0. The van der Waals surface area contributed by atoms with E-state index in [0.717, 1.165) is 89.1 Å². The lowest BCUT2D eigenvalue weighted by molar-refractivity contribution is -0.121. The predicted molar refractivity (Wildman–Crippen MR) is 113 cm³/mol. The molecule has 5 aliphatic rings. The fourth-order valence-electron chi connectivity index (χ4n) is 6.62. The lowest BCUT2D eigenvalue weighted by Gasteiger charge is -2.36. The Balaban J connectivity index is 1.28. The number of nitrogens with zero attached hydrogens (tertiary/aromatic N) is 1. The van der Waals surface area contributed by atoms with Crippen molar-refractivity contribution in [2.75, 3.05) is 26.4 Å². The van der Waals surface area contributed by atoms with Crippen LogP contribution in [0.2, 0.25) is 0 Å². The Bertz CT molecular complexity index is 589. The fraction of sp³-hybridized carbons (Fsp3) is 0.913. The minimum atomic E-state index is -0.295. The van der Waals surface area contributed by atoms with Crippen LogP contribution in [0.4, 0.5) is 0 Å². The molecule has 3 atom stereocenters. The van der Waals surface area contributed by atoms with E-state index in [9.17, 15) is 4.79 Å². The molecule has 0 aromatic heterocycles. The van der Waals surface area contributed by atoms with Gasteiger partial charge < -0.3 is 9.47 Å². The monoisotopic (exact) mass is 405 g/mol. The summed E-state index contributed by atoms with van der Waals surface area (Å²) in [5.74, 6) is 4.08. The van der Waals surface area contributed by atoms with Gasteiger partial charge in [-0.1, -0.05) is 18.2 Å². The minimum Gasteiger partial charge on any atom is -0.381 e. The molecule has 2 saturated carbocycles. The zero-order chi connectivity index (χ0) is 19.0. The van der Waals surface area contributed by atoms with Gasteiger partial charge in [0, 0.05) is 26.4 Å². The Morgan fingerprint density at radius 1 is 0.893 bits per heavy atom. The summed E-state index contributed by atoms with van der Waals surface area (Å²) in [6.45, 7) is 3.43. The van der Waals surface area contributed by atoms with Crippen molar-refractivity contribution >= 4 is 22.7 Å². The maximum Gasteiger partial charge on any atom is 0.263 e. The average molecular weight is 406 g/mol. The lowest BCUT2D eigenvalue weighted by atomic mass is 9.80. The molecule has 2 bridgehead atoms. The van der Waals surface area contributed by atoms with Crippen molar-refractivity contribution in [3.8, 4) is 0 Å². The molecule has 0 N–H and O–H groups in total. The van der Waals surface area contributed by atoms with Gasteiger partial charge in [-0.05, 0) is 93.8 Å². The summed E-state index contributed by atoms with van der Waals surface area (Å²) < 4.78 is 10.9. The fourth-order valence-corrected chi connectivity index (χ4v) is 8.27. The van der Waals surface area contributed by atoms with Crippen LogP contribution in [-0.2, 0) is 14.3 Å². The van der Waals surface area contributed by atoms with Crippen LogP contribution in [0.1, 0.15) is 70.6 Å².